The molecule has 0 unspecified atom stereocenters. The molecule has 22 heavy (non-hydrogen) atoms. The number of aromatic nitrogens is 1. The van der Waals surface area contributed by atoms with E-state index in [0.29, 0.717) is 5.88 Å². The lowest BCUT2D eigenvalue weighted by molar-refractivity contribution is 0.460. The van der Waals surface area contributed by atoms with Crippen molar-refractivity contribution in [2.24, 2.45) is 0 Å². The van der Waals surface area contributed by atoms with Crippen LogP contribution in [0.15, 0.2) is 78.9 Å². The van der Waals surface area contributed by atoms with Crippen LogP contribution >= 0.6 is 0 Å². The van der Waals surface area contributed by atoms with Gasteiger partial charge < -0.3 is 4.74 Å². The van der Waals surface area contributed by atoms with Crippen LogP contribution in [0.2, 0.25) is 0 Å². The van der Waals surface area contributed by atoms with Crippen LogP contribution in [0, 0.1) is 0 Å². The number of aryl methyl sites for hydroxylation is 2. The lowest BCUT2D eigenvalue weighted by Gasteiger charge is -2.06. The fourth-order valence-corrected chi connectivity index (χ4v) is 2.38. The number of ether oxygens (including phenoxy) is 1. The number of hydrogen-bond acceptors (Lipinski definition) is 2. The largest absolute Gasteiger partial charge is 0.439 e. The average molecular weight is 289 g/mol. The standard InChI is InChI=1S/C20H19NO/c1-3-9-17(10-4-1)11-7-12-18-13-8-16-20(21-18)22-19-14-5-2-6-15-19/h1-6,8-10,13-16H,7,11-12H2. The van der Waals surface area contributed by atoms with Crippen molar-refractivity contribution in [1.82, 2.24) is 4.98 Å². The molecule has 0 bridgehead atoms. The van der Waals surface area contributed by atoms with Crippen molar-refractivity contribution in [3.63, 3.8) is 0 Å². The maximum absolute atomic E-state index is 5.77. The van der Waals surface area contributed by atoms with Crippen LogP contribution in [0.1, 0.15) is 17.7 Å². The summed E-state index contributed by atoms with van der Waals surface area (Å²) >= 11 is 0. The molecule has 0 saturated heterocycles. The highest BCUT2D eigenvalue weighted by Gasteiger charge is 2.01. The van der Waals surface area contributed by atoms with E-state index in [9.17, 15) is 0 Å². The molecule has 0 aliphatic carbocycles. The Balaban J connectivity index is 1.57. The monoisotopic (exact) mass is 289 g/mol. The van der Waals surface area contributed by atoms with E-state index in [1.165, 1.54) is 5.56 Å². The van der Waals surface area contributed by atoms with Gasteiger partial charge in [0.2, 0.25) is 5.88 Å². The molecule has 0 radical (unpaired) electrons. The highest BCUT2D eigenvalue weighted by molar-refractivity contribution is 5.27. The van der Waals surface area contributed by atoms with Crippen LogP contribution in [0.3, 0.4) is 0 Å². The van der Waals surface area contributed by atoms with E-state index in [4.69, 9.17) is 4.74 Å². The van der Waals surface area contributed by atoms with E-state index < -0.39 is 0 Å². The predicted octanol–water partition coefficient (Wildman–Crippen LogP) is 5.05. The van der Waals surface area contributed by atoms with Gasteiger partial charge in [-0.25, -0.2) is 4.98 Å². The van der Waals surface area contributed by atoms with Gasteiger partial charge in [0.15, 0.2) is 0 Å². The maximum atomic E-state index is 5.77. The van der Waals surface area contributed by atoms with Gasteiger partial charge >= 0.3 is 0 Å². The maximum Gasteiger partial charge on any atom is 0.219 e. The Kier molecular flexibility index (Phi) is 4.83. The zero-order valence-corrected chi connectivity index (χ0v) is 12.5. The molecule has 2 nitrogen and oxygen atoms in total. The van der Waals surface area contributed by atoms with Crippen molar-refractivity contribution in [2.45, 2.75) is 19.3 Å². The molecule has 0 spiro atoms. The summed E-state index contributed by atoms with van der Waals surface area (Å²) in [5.74, 6) is 1.47. The lowest BCUT2D eigenvalue weighted by atomic mass is 10.1. The van der Waals surface area contributed by atoms with Crippen molar-refractivity contribution >= 4 is 0 Å². The molecule has 3 aromatic rings. The SMILES string of the molecule is c1ccc(CCCc2cccc(Oc3ccccc3)n2)cc1. The van der Waals surface area contributed by atoms with Crippen LogP contribution in [-0.4, -0.2) is 4.98 Å². The normalized spacial score (nSPS) is 10.4. The van der Waals surface area contributed by atoms with E-state index in [0.717, 1.165) is 30.7 Å². The van der Waals surface area contributed by atoms with E-state index >= 15 is 0 Å². The number of rotatable bonds is 6. The highest BCUT2D eigenvalue weighted by Crippen LogP contribution is 2.19. The number of nitrogens with zero attached hydrogens (tertiary/aromatic N) is 1. The molecule has 110 valence electrons. The molecule has 0 aliphatic rings. The molecule has 0 aliphatic heterocycles. The number of para-hydroxylation sites is 1. The van der Waals surface area contributed by atoms with Crippen molar-refractivity contribution in [3.05, 3.63) is 90.1 Å². The first-order valence-electron chi connectivity index (χ1n) is 7.63. The molecule has 0 N–H and O–H groups in total. The molecular formula is C20H19NO. The zero-order chi connectivity index (χ0) is 15.0. The zero-order valence-electron chi connectivity index (χ0n) is 12.5. The summed E-state index contributed by atoms with van der Waals surface area (Å²) in [5.41, 5.74) is 2.45. The molecule has 2 heteroatoms. The van der Waals surface area contributed by atoms with E-state index in [1.54, 1.807) is 0 Å². The van der Waals surface area contributed by atoms with Crippen LogP contribution < -0.4 is 4.74 Å². The third-order valence-electron chi connectivity index (χ3n) is 3.49. The quantitative estimate of drug-likeness (QED) is 0.633. The summed E-state index contributed by atoms with van der Waals surface area (Å²) in [6.07, 6.45) is 3.12. The second-order valence-corrected chi connectivity index (χ2v) is 5.22. The van der Waals surface area contributed by atoms with Gasteiger partial charge in [-0.1, -0.05) is 54.6 Å². The van der Waals surface area contributed by atoms with Crippen LogP contribution in [0.4, 0.5) is 0 Å². The van der Waals surface area contributed by atoms with Crippen molar-refractivity contribution in [1.29, 1.82) is 0 Å². The van der Waals surface area contributed by atoms with Crippen LogP contribution in [0.5, 0.6) is 11.6 Å². The predicted molar refractivity (Wildman–Crippen MR) is 89.2 cm³/mol. The van der Waals surface area contributed by atoms with Crippen LogP contribution in [-0.2, 0) is 12.8 Å². The summed E-state index contributed by atoms with van der Waals surface area (Å²) in [7, 11) is 0. The molecule has 0 atom stereocenters. The Bertz CT molecular complexity index is 695. The van der Waals surface area contributed by atoms with Gasteiger partial charge in [-0.15, -0.1) is 0 Å². The summed E-state index contributed by atoms with van der Waals surface area (Å²) in [6.45, 7) is 0. The Hall–Kier alpha value is -2.61. The number of pyridine rings is 1. The van der Waals surface area contributed by atoms with Gasteiger partial charge in [0, 0.05) is 11.8 Å². The third-order valence-corrected chi connectivity index (χ3v) is 3.49. The van der Waals surface area contributed by atoms with Crippen molar-refractivity contribution < 1.29 is 4.74 Å². The Labute approximate surface area is 131 Å². The smallest absolute Gasteiger partial charge is 0.219 e. The van der Waals surface area contributed by atoms with Crippen LogP contribution in [0.25, 0.3) is 0 Å². The third kappa shape index (κ3) is 4.19. The molecular weight excluding hydrogens is 270 g/mol. The molecule has 0 fully saturated rings. The molecule has 1 aromatic heterocycles. The minimum absolute atomic E-state index is 0.656. The molecule has 0 saturated carbocycles. The Morgan fingerprint density at radius 3 is 2.18 bits per heavy atom. The molecule has 0 amide bonds. The van der Waals surface area contributed by atoms with Gasteiger partial charge in [0.05, 0.1) is 0 Å². The van der Waals surface area contributed by atoms with Gasteiger partial charge in [0.1, 0.15) is 5.75 Å². The fraction of sp³-hybridized carbons (Fsp3) is 0.150. The van der Waals surface area contributed by atoms with Crippen molar-refractivity contribution in [3.8, 4) is 11.6 Å². The fourth-order valence-electron chi connectivity index (χ4n) is 2.38. The topological polar surface area (TPSA) is 22.1 Å². The Morgan fingerprint density at radius 1 is 0.682 bits per heavy atom. The molecule has 2 aromatic carbocycles. The average Bonchev–Trinajstić information content (AvgIpc) is 2.57. The minimum Gasteiger partial charge on any atom is -0.439 e. The summed E-state index contributed by atoms with van der Waals surface area (Å²) in [5, 5.41) is 0. The van der Waals surface area contributed by atoms with Gasteiger partial charge in [-0.3, -0.25) is 0 Å². The number of hydrogen-bond donors (Lipinski definition) is 0. The first-order chi connectivity index (χ1) is 10.9. The summed E-state index contributed by atoms with van der Waals surface area (Å²) in [6, 6.07) is 26.3. The van der Waals surface area contributed by atoms with E-state index in [-0.39, 0.29) is 0 Å². The molecule has 3 rings (SSSR count). The minimum atomic E-state index is 0.656. The molecule has 1 heterocycles. The van der Waals surface area contributed by atoms with Crippen molar-refractivity contribution in [2.75, 3.05) is 0 Å². The Morgan fingerprint density at radius 2 is 1.41 bits per heavy atom. The van der Waals surface area contributed by atoms with Gasteiger partial charge in [-0.2, -0.15) is 0 Å². The highest BCUT2D eigenvalue weighted by atomic mass is 16.5. The first-order valence-corrected chi connectivity index (χ1v) is 7.63. The second-order valence-electron chi connectivity index (χ2n) is 5.22. The second kappa shape index (κ2) is 7.41. The number of benzene rings is 2. The summed E-state index contributed by atoms with van der Waals surface area (Å²) in [4.78, 5) is 4.58. The first kappa shape index (κ1) is 14.3. The van der Waals surface area contributed by atoms with E-state index in [1.807, 2.05) is 42.5 Å². The van der Waals surface area contributed by atoms with Gasteiger partial charge in [-0.05, 0) is 43.0 Å². The summed E-state index contributed by atoms with van der Waals surface area (Å²) < 4.78 is 5.77. The van der Waals surface area contributed by atoms with E-state index in [2.05, 4.69) is 41.4 Å². The van der Waals surface area contributed by atoms with Gasteiger partial charge in [0.25, 0.3) is 0 Å². The lowest BCUT2D eigenvalue weighted by Crippen LogP contribution is -1.95.